The highest BCUT2D eigenvalue weighted by Crippen LogP contribution is 2.43. The van der Waals surface area contributed by atoms with E-state index in [1.165, 1.54) is 5.56 Å². The number of carbonyl (C=O) groups is 3. The number of hydrogen-bond acceptors (Lipinski definition) is 4. The van der Waals surface area contributed by atoms with E-state index < -0.39 is 23.9 Å². The van der Waals surface area contributed by atoms with E-state index in [-0.39, 0.29) is 11.5 Å². The molecule has 34 heavy (non-hydrogen) atoms. The Kier molecular flexibility index (Phi) is 9.25. The van der Waals surface area contributed by atoms with Crippen molar-refractivity contribution in [1.82, 2.24) is 10.6 Å². The van der Waals surface area contributed by atoms with Gasteiger partial charge in [0.05, 0.1) is 6.04 Å². The van der Waals surface area contributed by atoms with Crippen molar-refractivity contribution in [3.63, 3.8) is 0 Å². The number of unbranched alkanes of at least 4 members (excludes halogenated alkanes) is 1. The molecule has 2 aromatic rings. The zero-order valence-electron chi connectivity index (χ0n) is 20.2. The first-order chi connectivity index (χ1) is 16.4. The van der Waals surface area contributed by atoms with Gasteiger partial charge in [0.15, 0.2) is 6.10 Å². The number of Topliss-reactive ketones (excluding diaryl/α,β-unsaturated/α-hetero) is 1. The third kappa shape index (κ3) is 7.17. The summed E-state index contributed by atoms with van der Waals surface area (Å²) >= 11 is 0. The molecular formula is C28H36N2O4. The first-order valence-electron chi connectivity index (χ1n) is 12.3. The maximum absolute atomic E-state index is 12.8. The normalized spacial score (nSPS) is 15.9. The van der Waals surface area contributed by atoms with Crippen LogP contribution in [0.1, 0.15) is 69.5 Å². The molecule has 1 fully saturated rings. The lowest BCUT2D eigenvalue weighted by Crippen LogP contribution is -2.46. The molecule has 0 aliphatic heterocycles. The fraction of sp³-hybridized carbons (Fsp3) is 0.464. The largest absolute Gasteiger partial charge is 0.438 e. The van der Waals surface area contributed by atoms with Crippen molar-refractivity contribution in [2.45, 2.75) is 70.9 Å². The molecule has 3 rings (SSSR count). The third-order valence-corrected chi connectivity index (χ3v) is 6.68. The molecule has 6 nitrogen and oxygen atoms in total. The molecule has 0 aromatic heterocycles. The minimum absolute atomic E-state index is 0.0196. The average Bonchev–Trinajstić information content (AvgIpc) is 2.83. The molecular weight excluding hydrogens is 428 g/mol. The van der Waals surface area contributed by atoms with E-state index in [4.69, 9.17) is 4.74 Å². The summed E-state index contributed by atoms with van der Waals surface area (Å²) in [5.74, 6) is -1.45. The van der Waals surface area contributed by atoms with E-state index in [2.05, 4.69) is 22.8 Å². The molecule has 0 bridgehead atoms. The van der Waals surface area contributed by atoms with Crippen LogP contribution in [0.4, 0.5) is 4.79 Å². The van der Waals surface area contributed by atoms with Crippen LogP contribution in [0.2, 0.25) is 0 Å². The molecule has 182 valence electrons. The van der Waals surface area contributed by atoms with Gasteiger partial charge in [-0.05, 0) is 55.6 Å². The van der Waals surface area contributed by atoms with Crippen LogP contribution in [0, 0.1) is 5.41 Å². The number of ketones is 1. The molecule has 2 aromatic carbocycles. The van der Waals surface area contributed by atoms with E-state index >= 15 is 0 Å². The molecule has 1 saturated carbocycles. The standard InChI is InChI=1S/C28H36N2O4/c1-3-4-16-24(25(31)26(32)30-21(2)23-14-9-6-10-15-23)34-27(33)29-20-28(17-11-18-28)19-22-12-7-5-8-13-22/h5-10,12-15,21,24H,3-4,11,16-20H2,1-2H3,(H,29,33)(H,30,32)/t21-,24+/m1/s1. The minimum atomic E-state index is -1.09. The Morgan fingerprint density at radius 3 is 2.24 bits per heavy atom. The Morgan fingerprint density at radius 1 is 1.00 bits per heavy atom. The molecule has 0 spiro atoms. The fourth-order valence-corrected chi connectivity index (χ4v) is 4.42. The van der Waals surface area contributed by atoms with Gasteiger partial charge in [0.1, 0.15) is 0 Å². The first kappa shape index (κ1) is 25.5. The summed E-state index contributed by atoms with van der Waals surface area (Å²) in [5.41, 5.74) is 2.17. The smallest absolute Gasteiger partial charge is 0.407 e. The monoisotopic (exact) mass is 464 g/mol. The van der Waals surface area contributed by atoms with Crippen LogP contribution in [-0.2, 0) is 20.7 Å². The highest BCUT2D eigenvalue weighted by atomic mass is 16.6. The molecule has 0 radical (unpaired) electrons. The van der Waals surface area contributed by atoms with Gasteiger partial charge in [0.25, 0.3) is 11.7 Å². The van der Waals surface area contributed by atoms with Crippen LogP contribution in [0.25, 0.3) is 0 Å². The summed E-state index contributed by atoms with van der Waals surface area (Å²) in [5, 5.41) is 5.60. The van der Waals surface area contributed by atoms with Crippen LogP contribution < -0.4 is 10.6 Å². The Labute approximate surface area is 202 Å². The van der Waals surface area contributed by atoms with Crippen LogP contribution in [0.15, 0.2) is 60.7 Å². The lowest BCUT2D eigenvalue weighted by molar-refractivity contribution is -0.143. The van der Waals surface area contributed by atoms with Gasteiger partial charge in [0, 0.05) is 6.54 Å². The number of rotatable bonds is 12. The molecule has 0 heterocycles. The SMILES string of the molecule is CCCC[C@H](OC(=O)NCC1(Cc2ccccc2)CCC1)C(=O)C(=O)N[C@H](C)c1ccccc1. The number of hydrogen-bond donors (Lipinski definition) is 2. The number of benzene rings is 2. The van der Waals surface area contributed by atoms with Crippen LogP contribution >= 0.6 is 0 Å². The molecule has 0 saturated heterocycles. The summed E-state index contributed by atoms with van der Waals surface area (Å²) in [6, 6.07) is 19.4. The minimum Gasteiger partial charge on any atom is -0.438 e. The third-order valence-electron chi connectivity index (χ3n) is 6.68. The summed E-state index contributed by atoms with van der Waals surface area (Å²) in [6.07, 6.45) is 4.23. The zero-order chi connectivity index (χ0) is 24.4. The first-order valence-corrected chi connectivity index (χ1v) is 12.3. The quantitative estimate of drug-likeness (QED) is 0.427. The lowest BCUT2D eigenvalue weighted by atomic mass is 9.65. The van der Waals surface area contributed by atoms with Gasteiger partial charge in [0.2, 0.25) is 0 Å². The van der Waals surface area contributed by atoms with Crippen molar-refractivity contribution in [1.29, 1.82) is 0 Å². The van der Waals surface area contributed by atoms with Crippen molar-refractivity contribution in [2.75, 3.05) is 6.54 Å². The Morgan fingerprint density at radius 2 is 1.65 bits per heavy atom. The number of amides is 2. The molecule has 0 unspecified atom stereocenters. The zero-order valence-corrected chi connectivity index (χ0v) is 20.2. The summed E-state index contributed by atoms with van der Waals surface area (Å²) in [7, 11) is 0. The van der Waals surface area contributed by atoms with E-state index in [0.717, 1.165) is 37.7 Å². The van der Waals surface area contributed by atoms with Gasteiger partial charge in [-0.25, -0.2) is 4.79 Å². The predicted octanol–water partition coefficient (Wildman–Crippen LogP) is 5.13. The van der Waals surface area contributed by atoms with Crippen molar-refractivity contribution >= 4 is 17.8 Å². The number of ether oxygens (including phenoxy) is 1. The maximum Gasteiger partial charge on any atom is 0.407 e. The van der Waals surface area contributed by atoms with Crippen LogP contribution in [0.3, 0.4) is 0 Å². The van der Waals surface area contributed by atoms with Gasteiger partial charge < -0.3 is 15.4 Å². The summed E-state index contributed by atoms with van der Waals surface area (Å²) in [4.78, 5) is 38.1. The molecule has 6 heteroatoms. The molecule has 2 N–H and O–H groups in total. The Balaban J connectivity index is 1.55. The highest BCUT2D eigenvalue weighted by molar-refractivity contribution is 6.38. The van der Waals surface area contributed by atoms with Crippen molar-refractivity contribution in [3.8, 4) is 0 Å². The van der Waals surface area contributed by atoms with Crippen LogP contribution in [-0.4, -0.2) is 30.4 Å². The van der Waals surface area contributed by atoms with E-state index in [1.54, 1.807) is 0 Å². The summed E-state index contributed by atoms with van der Waals surface area (Å²) < 4.78 is 5.48. The topological polar surface area (TPSA) is 84.5 Å². The van der Waals surface area contributed by atoms with Gasteiger partial charge in [-0.2, -0.15) is 0 Å². The molecule has 1 aliphatic carbocycles. The van der Waals surface area contributed by atoms with E-state index in [9.17, 15) is 14.4 Å². The van der Waals surface area contributed by atoms with Crippen LogP contribution in [0.5, 0.6) is 0 Å². The average molecular weight is 465 g/mol. The number of alkyl carbamates (subject to hydrolysis) is 1. The van der Waals surface area contributed by atoms with Crippen molar-refractivity contribution in [2.24, 2.45) is 5.41 Å². The molecule has 1 aliphatic rings. The summed E-state index contributed by atoms with van der Waals surface area (Å²) in [6.45, 7) is 4.30. The second-order valence-corrected chi connectivity index (χ2v) is 9.38. The molecule has 2 amide bonds. The number of nitrogens with one attached hydrogen (secondary N) is 2. The molecule has 2 atom stereocenters. The van der Waals surface area contributed by atoms with E-state index in [1.807, 2.05) is 62.4 Å². The van der Waals surface area contributed by atoms with Gasteiger partial charge >= 0.3 is 6.09 Å². The Bertz CT molecular complexity index is 941. The second kappa shape index (κ2) is 12.4. The maximum atomic E-state index is 12.8. The van der Waals surface area contributed by atoms with Crippen molar-refractivity contribution in [3.05, 3.63) is 71.8 Å². The van der Waals surface area contributed by atoms with Gasteiger partial charge in [-0.15, -0.1) is 0 Å². The number of carbonyl (C=O) groups excluding carboxylic acids is 3. The van der Waals surface area contributed by atoms with Gasteiger partial charge in [-0.1, -0.05) is 80.4 Å². The highest BCUT2D eigenvalue weighted by Gasteiger charge is 2.38. The predicted molar refractivity (Wildman–Crippen MR) is 132 cm³/mol. The Hall–Kier alpha value is -3.15. The van der Waals surface area contributed by atoms with Crippen molar-refractivity contribution < 1.29 is 19.1 Å². The second-order valence-electron chi connectivity index (χ2n) is 9.38. The van der Waals surface area contributed by atoms with E-state index in [0.29, 0.717) is 19.4 Å². The fourth-order valence-electron chi connectivity index (χ4n) is 4.42. The lowest BCUT2D eigenvalue weighted by Gasteiger charge is -2.42. The van der Waals surface area contributed by atoms with Gasteiger partial charge in [-0.3, -0.25) is 9.59 Å².